The zero-order chi connectivity index (χ0) is 114. The van der Waals surface area contributed by atoms with Crippen molar-refractivity contribution in [2.24, 2.45) is 0 Å². The summed E-state index contributed by atoms with van der Waals surface area (Å²) in [6.45, 7) is 35.3. The molecule has 135 heavy (non-hydrogen) atoms. The molecule has 23 rings (SSSR count). The Balaban J connectivity index is 0.000000124. The first-order valence-electron chi connectivity index (χ1n) is 57.1. The molecule has 0 radical (unpaired) electrons. The highest BCUT2D eigenvalue weighted by atomic mass is 16.3. The lowest BCUT2D eigenvalue weighted by molar-refractivity contribution is 0.590. The molecule has 0 aliphatic heterocycles. The minimum atomic E-state index is -0.562. The van der Waals surface area contributed by atoms with Crippen LogP contribution in [0.3, 0.4) is 0 Å². The molecule has 0 spiro atoms. The summed E-state index contributed by atoms with van der Waals surface area (Å²) in [5.74, 6) is 0. The van der Waals surface area contributed by atoms with Gasteiger partial charge in [0.15, 0.2) is 0 Å². The number of para-hydroxylation sites is 2. The normalized spacial score (nSPS) is 14.4. The molecule has 5 heteroatoms. The molecule has 666 valence electrons. The molecule has 0 aliphatic rings. The van der Waals surface area contributed by atoms with Gasteiger partial charge in [0.25, 0.3) is 0 Å². The molecule has 0 fully saturated rings. The number of fused-ring (bicyclic) bond motifs is 15. The summed E-state index contributed by atoms with van der Waals surface area (Å²) in [5.41, 5.74) is 22.2. The minimum absolute atomic E-state index is 0.00416. The van der Waals surface area contributed by atoms with E-state index in [0.717, 1.165) is 82.4 Å². The van der Waals surface area contributed by atoms with Gasteiger partial charge in [0.2, 0.25) is 0 Å². The topological polar surface area (TPSA) is 57.5 Å². The highest BCUT2D eigenvalue weighted by Gasteiger charge is 2.32. The first-order chi connectivity index (χ1) is 74.6. The third-order valence-electron chi connectivity index (χ3n) is 24.7. The van der Waals surface area contributed by atoms with E-state index in [-0.39, 0.29) is 153 Å². The van der Waals surface area contributed by atoms with Crippen LogP contribution in [0.15, 0.2) is 417 Å². The average Bonchev–Trinajstić information content (AvgIpc) is 1.52. The van der Waals surface area contributed by atoms with E-state index in [4.69, 9.17) is 49.2 Å². The van der Waals surface area contributed by atoms with Crippen LogP contribution in [0.25, 0.3) is 193 Å². The molecule has 0 saturated carbocycles. The number of aromatic nitrogens is 1. The molecule has 0 aliphatic carbocycles. The predicted molar refractivity (Wildman–Crippen MR) is 577 cm³/mol. The van der Waals surface area contributed by atoms with E-state index >= 15 is 0 Å². The van der Waals surface area contributed by atoms with Crippen LogP contribution < -0.4 is 0 Å². The number of furan rings is 4. The van der Waals surface area contributed by atoms with E-state index in [1.54, 1.807) is 56.3 Å². The monoisotopic (exact) mass is 1780 g/mol. The number of benzene rings is 18. The van der Waals surface area contributed by atoms with E-state index < -0.39 is 35.6 Å². The highest BCUT2D eigenvalue weighted by Crippen LogP contribution is 2.51. The quantitative estimate of drug-likeness (QED) is 0.152. The fourth-order valence-electron chi connectivity index (χ4n) is 18.9. The average molecular weight is 1780 g/mol. The molecule has 0 unspecified atom stereocenters. The Morgan fingerprint density at radius 2 is 0.511 bits per heavy atom. The zero-order valence-electron chi connectivity index (χ0n) is 102. The van der Waals surface area contributed by atoms with Crippen molar-refractivity contribution in [1.82, 2.24) is 4.57 Å². The van der Waals surface area contributed by atoms with Crippen molar-refractivity contribution in [3.8, 4) is 83.6 Å². The van der Waals surface area contributed by atoms with Crippen molar-refractivity contribution >= 4 is 110 Å². The smallest absolute Gasteiger partial charge is 0.136 e. The SMILES string of the molecule is CC(C)(C)c1ccc(-n2c3ccccc3c3ccccc32)cc1.[2H]c1c([2H])c(C)c([2H])c(-c2cccc3oc4cccc(C(C)(C)C)c4c23)c1[2H].[2H]c1c([2H])c([2H])c(-c2cccc3oc4ccc(-c5c([2H])c([2H])c([2H])c(C)c5[2H])c(C(C)(C)C)c4c23)c([2H])c1[2H].[2H]c1c([2H])c([2H])c(-c2cccc3oc4ccc(-c5ccccc5)c(C(C)(C)C)c4c23)c([2H])c1[2H].[2H]c1c([2H])c([2H])c(-c2cccc3oc4ccc(-c5ccccc5)c(C(C)(C)C)c4c23)c([2H])c1[2H]. The second kappa shape index (κ2) is 36.2. The van der Waals surface area contributed by atoms with Crippen molar-refractivity contribution in [3.05, 3.63) is 439 Å². The summed E-state index contributed by atoms with van der Waals surface area (Å²) in [7, 11) is 0. The maximum atomic E-state index is 8.79. The lowest BCUT2D eigenvalue weighted by Crippen LogP contribution is -2.13. The fraction of sp³-hybridized carbons (Fsp3) is 0.169. The Labute approximate surface area is 826 Å². The summed E-state index contributed by atoms with van der Waals surface area (Å²) in [6, 6.07) is 80.1. The minimum Gasteiger partial charge on any atom is -0.456 e. The van der Waals surface area contributed by atoms with E-state index in [1.165, 1.54) is 33.1 Å². The maximum Gasteiger partial charge on any atom is 0.136 e. The van der Waals surface area contributed by atoms with Crippen LogP contribution in [0.5, 0.6) is 0 Å². The van der Waals surface area contributed by atoms with Crippen LogP contribution in [-0.2, 0) is 27.1 Å². The molecule has 0 bridgehead atoms. The van der Waals surface area contributed by atoms with Crippen molar-refractivity contribution < 1.29 is 49.2 Å². The third-order valence-corrected chi connectivity index (χ3v) is 24.7. The predicted octanol–water partition coefficient (Wildman–Crippen LogP) is 37.9. The molecule has 18 aromatic carbocycles. The van der Waals surface area contributed by atoms with Gasteiger partial charge in [-0.3, -0.25) is 0 Å². The van der Waals surface area contributed by atoms with Gasteiger partial charge in [0.1, 0.15) is 44.7 Å². The van der Waals surface area contributed by atoms with Gasteiger partial charge in [-0.05, 0) is 219 Å². The molecule has 0 atom stereocenters. The van der Waals surface area contributed by atoms with E-state index in [2.05, 4.69) is 203 Å². The fourth-order valence-corrected chi connectivity index (χ4v) is 18.9. The molecule has 0 saturated heterocycles. The van der Waals surface area contributed by atoms with Crippen LogP contribution in [-0.4, -0.2) is 4.57 Å². The zero-order valence-corrected chi connectivity index (χ0v) is 78.9. The number of rotatable bonds is 8. The summed E-state index contributed by atoms with van der Waals surface area (Å²) in [5, 5.41) is 9.02. The lowest BCUT2D eigenvalue weighted by atomic mass is 9.78. The van der Waals surface area contributed by atoms with E-state index in [9.17, 15) is 0 Å². The summed E-state index contributed by atoms with van der Waals surface area (Å²) >= 11 is 0. The Morgan fingerprint density at radius 1 is 0.215 bits per heavy atom. The summed E-state index contributed by atoms with van der Waals surface area (Å²) in [6.07, 6.45) is 0. The largest absolute Gasteiger partial charge is 0.456 e. The van der Waals surface area contributed by atoms with E-state index in [1.807, 2.05) is 124 Å². The second-order valence-corrected chi connectivity index (χ2v) is 39.3. The first kappa shape index (κ1) is 65.5. The molecule has 23 aromatic rings. The first-order valence-corrected chi connectivity index (χ1v) is 45.6. The number of hydrogen-bond donors (Lipinski definition) is 0. The third kappa shape index (κ3) is 17.6. The van der Waals surface area contributed by atoms with Crippen LogP contribution in [0, 0.1) is 13.8 Å². The standard InChI is InChI=1S/C29H26O.2C28H24O.C23H22O.C22H21N/c1-19-10-8-13-21(18-19)23-16-17-25-27(28(23)29(2,3)4)26-22(14-9-15-24(26)30-25)20-11-6-5-7-12-20;2*1-28(2,3)27-22(20-13-8-5-9-14-20)17-18-24-26(27)25-21(15-10-16-23(25)29-24)19-11-6-4-7-12-19;1-15-8-5-9-16(14-15)17-10-6-12-19-21(17)22-18(23(2,3)4)11-7-13-20(22)24-19;1-22(2,3)16-12-14-17(15-13-16)23-20-10-6-4-8-18(20)19-9-5-7-11-21(19)23/h5-18H,1-4H3;2*4-18H,1-3H3;5-14H,1-4H3;4-15H,1-3H3/i5D,6D,7D,8D,10D,11D,12D,13D,18D;2*4D,6D,7D,11D,12D;5D,8D,9D,14D;. The van der Waals surface area contributed by atoms with Crippen LogP contribution in [0.2, 0.25) is 0 Å². The van der Waals surface area contributed by atoms with Gasteiger partial charge in [-0.1, -0.05) is 442 Å². The van der Waals surface area contributed by atoms with Crippen molar-refractivity contribution in [1.29, 1.82) is 0 Å². The Kier molecular flexibility index (Phi) is 17.5. The van der Waals surface area contributed by atoms with E-state index in [0.29, 0.717) is 94.4 Å². The van der Waals surface area contributed by atoms with Gasteiger partial charge in [0.05, 0.1) is 42.6 Å². The van der Waals surface area contributed by atoms with Crippen LogP contribution in [0.4, 0.5) is 0 Å². The Hall–Kier alpha value is -15.0. The number of hydrogen-bond acceptors (Lipinski definition) is 4. The van der Waals surface area contributed by atoms with Crippen molar-refractivity contribution in [2.45, 2.75) is 145 Å². The van der Waals surface area contributed by atoms with Gasteiger partial charge >= 0.3 is 0 Å². The molecule has 5 aromatic heterocycles. The van der Waals surface area contributed by atoms with Gasteiger partial charge in [-0.15, -0.1) is 0 Å². The van der Waals surface area contributed by atoms with Crippen LogP contribution in [0.1, 0.15) is 174 Å². The maximum absolute atomic E-state index is 8.79. The molecule has 5 nitrogen and oxygen atoms in total. The molecule has 0 amide bonds. The van der Waals surface area contributed by atoms with Gasteiger partial charge in [-0.25, -0.2) is 0 Å². The van der Waals surface area contributed by atoms with Gasteiger partial charge in [-0.2, -0.15) is 0 Å². The van der Waals surface area contributed by atoms with Crippen molar-refractivity contribution in [3.63, 3.8) is 0 Å². The van der Waals surface area contributed by atoms with Crippen LogP contribution >= 0.6 is 0 Å². The molecule has 5 heterocycles. The number of nitrogens with zero attached hydrogens (tertiary/aromatic N) is 1. The second-order valence-electron chi connectivity index (χ2n) is 39.3. The molecular weight excluding hydrogens is 1640 g/mol. The summed E-state index contributed by atoms with van der Waals surface area (Å²) in [4.78, 5) is 0. The molecule has 0 N–H and O–H groups in total. The Bertz CT molecular complexity index is 9370. The lowest BCUT2D eigenvalue weighted by Gasteiger charge is -2.25. The van der Waals surface area contributed by atoms with Gasteiger partial charge in [0, 0.05) is 59.5 Å². The summed E-state index contributed by atoms with van der Waals surface area (Å²) < 4.78 is 219. The van der Waals surface area contributed by atoms with Gasteiger partial charge < -0.3 is 22.2 Å². The highest BCUT2D eigenvalue weighted by molar-refractivity contribution is 6.19. The molecular formula is C130H117NO4. The Morgan fingerprint density at radius 3 is 0.859 bits per heavy atom. The van der Waals surface area contributed by atoms with Crippen molar-refractivity contribution in [2.75, 3.05) is 0 Å².